The van der Waals surface area contributed by atoms with E-state index in [1.165, 1.54) is 24.0 Å². The van der Waals surface area contributed by atoms with Crippen LogP contribution in [0.15, 0.2) is 34.9 Å². The largest absolute Gasteiger partial charge is 0.444 e. The fraction of sp³-hybridized carbons (Fsp3) is 0.438. The first kappa shape index (κ1) is 11.2. The number of benzene rings is 1. The zero-order chi connectivity index (χ0) is 13.0. The number of fused-ring (bicyclic) bond motifs is 3. The molecule has 0 radical (unpaired) electrons. The maximum atomic E-state index is 5.84. The molecule has 1 fully saturated rings. The second-order valence-corrected chi connectivity index (χ2v) is 5.84. The van der Waals surface area contributed by atoms with E-state index in [9.17, 15) is 0 Å². The van der Waals surface area contributed by atoms with E-state index in [4.69, 9.17) is 10.2 Å². The number of oxazole rings is 1. The molecule has 2 aliphatic carbocycles. The molecule has 2 aromatic rings. The Morgan fingerprint density at radius 3 is 2.95 bits per heavy atom. The summed E-state index contributed by atoms with van der Waals surface area (Å²) in [5.41, 5.74) is 8.84. The van der Waals surface area contributed by atoms with Crippen LogP contribution in [0.4, 0.5) is 0 Å². The Morgan fingerprint density at radius 2 is 2.16 bits per heavy atom. The Labute approximate surface area is 112 Å². The van der Waals surface area contributed by atoms with Gasteiger partial charge < -0.3 is 10.2 Å². The van der Waals surface area contributed by atoms with E-state index in [-0.39, 0.29) is 6.04 Å². The summed E-state index contributed by atoms with van der Waals surface area (Å²) in [5, 5.41) is 0. The molecule has 1 heterocycles. The second-order valence-electron chi connectivity index (χ2n) is 5.84. The molecule has 1 aromatic carbocycles. The molecule has 0 bridgehead atoms. The summed E-state index contributed by atoms with van der Waals surface area (Å²) in [6, 6.07) is 8.69. The van der Waals surface area contributed by atoms with E-state index in [0.29, 0.717) is 17.7 Å². The molecule has 0 aliphatic heterocycles. The SMILES string of the molecule is CC(N)c1ncc(C2C3CCc4ccccc4C32)o1. The number of hydrogen-bond donors (Lipinski definition) is 1. The van der Waals surface area contributed by atoms with Gasteiger partial charge in [0.2, 0.25) is 5.89 Å². The van der Waals surface area contributed by atoms with E-state index < -0.39 is 0 Å². The fourth-order valence-corrected chi connectivity index (χ4v) is 3.62. The zero-order valence-corrected chi connectivity index (χ0v) is 11.0. The van der Waals surface area contributed by atoms with Crippen molar-refractivity contribution in [3.63, 3.8) is 0 Å². The molecule has 98 valence electrons. The summed E-state index contributed by atoms with van der Waals surface area (Å²) in [4.78, 5) is 4.30. The van der Waals surface area contributed by atoms with Crippen LogP contribution in [0.1, 0.15) is 54.0 Å². The summed E-state index contributed by atoms with van der Waals surface area (Å²) in [5.74, 6) is 3.58. The van der Waals surface area contributed by atoms with Gasteiger partial charge in [-0.3, -0.25) is 0 Å². The molecule has 4 rings (SSSR count). The van der Waals surface area contributed by atoms with E-state index >= 15 is 0 Å². The lowest BCUT2D eigenvalue weighted by molar-refractivity contribution is 0.426. The molecule has 19 heavy (non-hydrogen) atoms. The van der Waals surface area contributed by atoms with E-state index in [1.54, 1.807) is 0 Å². The average Bonchev–Trinajstić information content (AvgIpc) is 2.96. The molecule has 0 amide bonds. The maximum Gasteiger partial charge on any atom is 0.211 e. The molecule has 4 unspecified atom stereocenters. The van der Waals surface area contributed by atoms with Gasteiger partial charge in [0.15, 0.2) is 0 Å². The molecule has 2 aliphatic rings. The van der Waals surface area contributed by atoms with Crippen LogP contribution in [0, 0.1) is 5.92 Å². The third kappa shape index (κ3) is 1.65. The predicted octanol–water partition coefficient (Wildman–Crippen LogP) is 3.14. The fourth-order valence-electron chi connectivity index (χ4n) is 3.62. The van der Waals surface area contributed by atoms with Gasteiger partial charge in [-0.05, 0) is 42.7 Å². The van der Waals surface area contributed by atoms with Crippen molar-refractivity contribution in [1.82, 2.24) is 4.98 Å². The van der Waals surface area contributed by atoms with Crippen LogP contribution in [0.25, 0.3) is 0 Å². The topological polar surface area (TPSA) is 52.0 Å². The van der Waals surface area contributed by atoms with Crippen molar-refractivity contribution in [2.24, 2.45) is 11.7 Å². The van der Waals surface area contributed by atoms with Crippen molar-refractivity contribution in [1.29, 1.82) is 0 Å². The minimum absolute atomic E-state index is 0.123. The average molecular weight is 254 g/mol. The molecule has 2 N–H and O–H groups in total. The Bertz CT molecular complexity index is 617. The molecule has 3 nitrogen and oxygen atoms in total. The number of hydrogen-bond acceptors (Lipinski definition) is 3. The van der Waals surface area contributed by atoms with E-state index in [2.05, 4.69) is 29.2 Å². The zero-order valence-electron chi connectivity index (χ0n) is 11.0. The lowest BCUT2D eigenvalue weighted by atomic mass is 9.92. The quantitative estimate of drug-likeness (QED) is 0.895. The molecule has 0 saturated heterocycles. The van der Waals surface area contributed by atoms with Gasteiger partial charge in [-0.1, -0.05) is 24.3 Å². The lowest BCUT2D eigenvalue weighted by Gasteiger charge is -2.13. The smallest absolute Gasteiger partial charge is 0.211 e. The third-order valence-electron chi connectivity index (χ3n) is 4.59. The molecule has 3 heteroatoms. The van der Waals surface area contributed by atoms with Crippen molar-refractivity contribution in [3.05, 3.63) is 53.2 Å². The molecule has 0 spiro atoms. The van der Waals surface area contributed by atoms with Crippen LogP contribution < -0.4 is 5.73 Å². The number of aryl methyl sites for hydroxylation is 1. The van der Waals surface area contributed by atoms with Gasteiger partial charge in [-0.2, -0.15) is 0 Å². The van der Waals surface area contributed by atoms with Crippen LogP contribution in [0.2, 0.25) is 0 Å². The molecule has 1 saturated carbocycles. The van der Waals surface area contributed by atoms with Crippen molar-refractivity contribution in [2.75, 3.05) is 0 Å². The van der Waals surface area contributed by atoms with Crippen LogP contribution in [-0.4, -0.2) is 4.98 Å². The van der Waals surface area contributed by atoms with Crippen molar-refractivity contribution < 1.29 is 4.42 Å². The standard InChI is InChI=1S/C16H18N2O/c1-9(17)16-18-8-13(19-16)15-12-7-6-10-4-2-3-5-11(10)14(12)15/h2-5,8-9,12,14-15H,6-7,17H2,1H3. The summed E-state index contributed by atoms with van der Waals surface area (Å²) >= 11 is 0. The van der Waals surface area contributed by atoms with Crippen LogP contribution >= 0.6 is 0 Å². The van der Waals surface area contributed by atoms with Crippen molar-refractivity contribution in [2.45, 2.75) is 37.6 Å². The van der Waals surface area contributed by atoms with Crippen molar-refractivity contribution in [3.8, 4) is 0 Å². The highest BCUT2D eigenvalue weighted by atomic mass is 16.4. The Balaban J connectivity index is 1.66. The molecular weight excluding hydrogens is 236 g/mol. The van der Waals surface area contributed by atoms with Gasteiger partial charge in [-0.25, -0.2) is 4.98 Å². The molecular formula is C16H18N2O. The normalized spacial score (nSPS) is 29.5. The van der Waals surface area contributed by atoms with Gasteiger partial charge in [0.25, 0.3) is 0 Å². The molecule has 4 atom stereocenters. The van der Waals surface area contributed by atoms with Crippen LogP contribution in [0.5, 0.6) is 0 Å². The van der Waals surface area contributed by atoms with Crippen LogP contribution in [-0.2, 0) is 6.42 Å². The minimum atomic E-state index is -0.123. The van der Waals surface area contributed by atoms with Gasteiger partial charge in [-0.15, -0.1) is 0 Å². The van der Waals surface area contributed by atoms with E-state index in [0.717, 1.165) is 11.7 Å². The second kappa shape index (κ2) is 3.94. The van der Waals surface area contributed by atoms with E-state index in [1.807, 2.05) is 13.1 Å². The summed E-state index contributed by atoms with van der Waals surface area (Å²) in [6.07, 6.45) is 4.34. The van der Waals surface area contributed by atoms with Crippen molar-refractivity contribution >= 4 is 0 Å². The highest BCUT2D eigenvalue weighted by Crippen LogP contribution is 2.65. The highest BCUT2D eigenvalue weighted by molar-refractivity contribution is 5.43. The van der Waals surface area contributed by atoms with Gasteiger partial charge >= 0.3 is 0 Å². The highest BCUT2D eigenvalue weighted by Gasteiger charge is 2.55. The number of nitrogens with two attached hydrogens (primary N) is 1. The summed E-state index contributed by atoms with van der Waals surface area (Å²) < 4.78 is 5.84. The monoisotopic (exact) mass is 254 g/mol. The summed E-state index contributed by atoms with van der Waals surface area (Å²) in [7, 11) is 0. The van der Waals surface area contributed by atoms with Gasteiger partial charge in [0.1, 0.15) is 5.76 Å². The number of rotatable bonds is 2. The minimum Gasteiger partial charge on any atom is -0.444 e. The Morgan fingerprint density at radius 1 is 1.32 bits per heavy atom. The predicted molar refractivity (Wildman–Crippen MR) is 72.8 cm³/mol. The third-order valence-corrected chi connectivity index (χ3v) is 4.59. The first-order valence-electron chi connectivity index (χ1n) is 7.04. The summed E-state index contributed by atoms with van der Waals surface area (Å²) in [6.45, 7) is 1.91. The van der Waals surface area contributed by atoms with Gasteiger partial charge in [0, 0.05) is 5.92 Å². The molecule has 1 aromatic heterocycles. The van der Waals surface area contributed by atoms with Gasteiger partial charge in [0.05, 0.1) is 12.2 Å². The van der Waals surface area contributed by atoms with Crippen LogP contribution in [0.3, 0.4) is 0 Å². The Kier molecular flexibility index (Phi) is 2.33. The lowest BCUT2D eigenvalue weighted by Crippen LogP contribution is -2.04. The Hall–Kier alpha value is -1.61. The maximum absolute atomic E-state index is 5.84. The number of nitrogens with zero attached hydrogens (tertiary/aromatic N) is 1. The first-order valence-corrected chi connectivity index (χ1v) is 7.04. The number of aromatic nitrogens is 1. The first-order chi connectivity index (χ1) is 9.25.